The lowest BCUT2D eigenvalue weighted by atomic mass is 10.2. The number of benzene rings is 1. The third kappa shape index (κ3) is 4.08. The van der Waals surface area contributed by atoms with E-state index in [-0.39, 0.29) is 0 Å². The molecule has 0 aliphatic rings. The number of aromatic nitrogens is 1. The first-order chi connectivity index (χ1) is 12.9. The molecule has 0 spiro atoms. The number of ether oxygens (including phenoxy) is 3. The molecule has 0 bridgehead atoms. The van der Waals surface area contributed by atoms with Crippen molar-refractivity contribution in [2.45, 2.75) is 12.5 Å². The largest absolute Gasteiger partial charge is 0.493 e. The first-order valence-electron chi connectivity index (χ1n) is 8.20. The normalized spacial score (nSPS) is 11.9. The summed E-state index contributed by atoms with van der Waals surface area (Å²) < 4.78 is 17.9. The number of aryl methyl sites for hydroxylation is 1. The third-order valence-electron chi connectivity index (χ3n) is 4.27. The SMILES string of the molecule is COc1cc2cc(C(=O)NC(CCSC)C(=O)O)n(C)c2c(OC)c1OC. The van der Waals surface area contributed by atoms with Crippen LogP contribution >= 0.6 is 11.8 Å². The molecule has 1 heterocycles. The number of thioether (sulfide) groups is 1. The molecule has 0 aliphatic carbocycles. The zero-order valence-electron chi connectivity index (χ0n) is 16.0. The van der Waals surface area contributed by atoms with Crippen LogP contribution in [0.3, 0.4) is 0 Å². The fraction of sp³-hybridized carbons (Fsp3) is 0.444. The molecular formula is C18H24N2O6S. The zero-order valence-corrected chi connectivity index (χ0v) is 16.8. The Hall–Kier alpha value is -2.55. The van der Waals surface area contributed by atoms with Crippen molar-refractivity contribution in [1.29, 1.82) is 0 Å². The molecule has 0 fully saturated rings. The number of carboxylic acids is 1. The zero-order chi connectivity index (χ0) is 20.1. The van der Waals surface area contributed by atoms with E-state index in [1.165, 1.54) is 33.1 Å². The van der Waals surface area contributed by atoms with E-state index in [0.29, 0.717) is 46.0 Å². The smallest absolute Gasteiger partial charge is 0.326 e. The Morgan fingerprint density at radius 3 is 2.37 bits per heavy atom. The Balaban J connectivity index is 2.49. The van der Waals surface area contributed by atoms with E-state index in [2.05, 4.69) is 5.32 Å². The number of rotatable bonds is 9. The highest BCUT2D eigenvalue weighted by Gasteiger charge is 2.25. The first kappa shape index (κ1) is 20.8. The monoisotopic (exact) mass is 396 g/mol. The average Bonchev–Trinajstić information content (AvgIpc) is 2.99. The summed E-state index contributed by atoms with van der Waals surface area (Å²) in [5.74, 6) is 0.436. The van der Waals surface area contributed by atoms with Crippen LogP contribution in [0, 0.1) is 0 Å². The van der Waals surface area contributed by atoms with E-state index in [9.17, 15) is 14.7 Å². The van der Waals surface area contributed by atoms with E-state index in [1.807, 2.05) is 6.26 Å². The third-order valence-corrected chi connectivity index (χ3v) is 4.91. The summed E-state index contributed by atoms with van der Waals surface area (Å²) in [5.41, 5.74) is 0.963. The van der Waals surface area contributed by atoms with E-state index in [4.69, 9.17) is 14.2 Å². The maximum atomic E-state index is 12.7. The molecule has 2 aromatic rings. The van der Waals surface area contributed by atoms with Crippen LogP contribution in [0.2, 0.25) is 0 Å². The highest BCUT2D eigenvalue weighted by Crippen LogP contribution is 2.44. The van der Waals surface area contributed by atoms with Crippen molar-refractivity contribution in [1.82, 2.24) is 9.88 Å². The van der Waals surface area contributed by atoms with Gasteiger partial charge in [-0.2, -0.15) is 11.8 Å². The summed E-state index contributed by atoms with van der Waals surface area (Å²) in [4.78, 5) is 24.1. The van der Waals surface area contributed by atoms with Crippen molar-refractivity contribution in [2.24, 2.45) is 7.05 Å². The minimum atomic E-state index is -1.06. The predicted octanol–water partition coefficient (Wildman–Crippen LogP) is 2.14. The Labute approximate surface area is 161 Å². The van der Waals surface area contributed by atoms with Crippen molar-refractivity contribution in [2.75, 3.05) is 33.3 Å². The molecule has 1 unspecified atom stereocenters. The molecule has 148 valence electrons. The number of nitrogens with zero attached hydrogens (tertiary/aromatic N) is 1. The summed E-state index contributed by atoms with van der Waals surface area (Å²) in [6.07, 6.45) is 2.23. The lowest BCUT2D eigenvalue weighted by Crippen LogP contribution is -2.41. The van der Waals surface area contributed by atoms with E-state index in [0.717, 1.165) is 0 Å². The standard InChI is InChI=1S/C18H24N2O6S/c1-20-12(17(21)19-11(18(22)23)6-7-27-5)8-10-9-13(24-2)15(25-3)16(26-4)14(10)20/h8-9,11H,6-7H2,1-5H3,(H,19,21)(H,22,23). The van der Waals surface area contributed by atoms with Gasteiger partial charge in [-0.1, -0.05) is 0 Å². The van der Waals surface area contributed by atoms with Gasteiger partial charge < -0.3 is 29.2 Å². The number of amides is 1. The van der Waals surface area contributed by atoms with E-state index in [1.54, 1.807) is 23.7 Å². The highest BCUT2D eigenvalue weighted by atomic mass is 32.2. The van der Waals surface area contributed by atoms with Gasteiger partial charge in [0.1, 0.15) is 11.7 Å². The fourth-order valence-electron chi connectivity index (χ4n) is 2.92. The average molecular weight is 396 g/mol. The molecule has 2 rings (SSSR count). The van der Waals surface area contributed by atoms with E-state index < -0.39 is 17.9 Å². The van der Waals surface area contributed by atoms with Gasteiger partial charge in [0.2, 0.25) is 5.75 Å². The fourth-order valence-corrected chi connectivity index (χ4v) is 3.40. The number of hydrogen-bond donors (Lipinski definition) is 2. The number of methoxy groups -OCH3 is 3. The summed E-state index contributed by atoms with van der Waals surface area (Å²) >= 11 is 1.53. The van der Waals surface area contributed by atoms with Crippen molar-refractivity contribution >= 4 is 34.5 Å². The Kier molecular flexibility index (Phi) is 6.84. The Morgan fingerprint density at radius 1 is 1.19 bits per heavy atom. The van der Waals surface area contributed by atoms with Gasteiger partial charge in [0.15, 0.2) is 11.5 Å². The lowest BCUT2D eigenvalue weighted by Gasteiger charge is -2.15. The quantitative estimate of drug-likeness (QED) is 0.670. The van der Waals surface area contributed by atoms with E-state index >= 15 is 0 Å². The van der Waals surface area contributed by atoms with Crippen molar-refractivity contribution in [3.05, 3.63) is 17.8 Å². The van der Waals surface area contributed by atoms with Crippen LogP contribution in [0.25, 0.3) is 10.9 Å². The van der Waals surface area contributed by atoms with Gasteiger partial charge in [0.05, 0.1) is 26.8 Å². The number of nitrogens with one attached hydrogen (secondary N) is 1. The molecule has 0 radical (unpaired) electrons. The van der Waals surface area contributed by atoms with Crippen LogP contribution in [0.5, 0.6) is 17.2 Å². The van der Waals surface area contributed by atoms with Crippen molar-refractivity contribution in [3.8, 4) is 17.2 Å². The molecule has 1 aromatic carbocycles. The Morgan fingerprint density at radius 2 is 1.85 bits per heavy atom. The predicted molar refractivity (Wildman–Crippen MR) is 104 cm³/mol. The second-order valence-corrected chi connectivity index (χ2v) is 6.80. The van der Waals surface area contributed by atoms with Gasteiger partial charge in [-0.3, -0.25) is 4.79 Å². The molecule has 8 nitrogen and oxygen atoms in total. The van der Waals surface area contributed by atoms with Crippen molar-refractivity contribution in [3.63, 3.8) is 0 Å². The molecule has 1 aromatic heterocycles. The second-order valence-electron chi connectivity index (χ2n) is 5.82. The van der Waals surface area contributed by atoms with Gasteiger partial charge in [-0.05, 0) is 30.6 Å². The minimum absolute atomic E-state index is 0.314. The lowest BCUT2D eigenvalue weighted by molar-refractivity contribution is -0.139. The molecule has 1 atom stereocenters. The molecule has 9 heteroatoms. The topological polar surface area (TPSA) is 99.0 Å². The number of carboxylic acid groups (broad SMARTS) is 1. The maximum absolute atomic E-state index is 12.7. The number of carbonyl (C=O) groups excluding carboxylic acids is 1. The summed E-state index contributed by atoms with van der Waals surface area (Å²) in [5, 5.41) is 12.6. The number of aliphatic carboxylic acids is 1. The number of carbonyl (C=O) groups is 2. The van der Waals surface area contributed by atoms with Crippen LogP contribution < -0.4 is 19.5 Å². The molecule has 2 N–H and O–H groups in total. The van der Waals surface area contributed by atoms with Gasteiger partial charge in [-0.15, -0.1) is 0 Å². The molecule has 0 saturated carbocycles. The summed E-state index contributed by atoms with van der Waals surface area (Å²) in [6.45, 7) is 0. The van der Waals surface area contributed by atoms with Gasteiger partial charge in [0.25, 0.3) is 5.91 Å². The van der Waals surface area contributed by atoms with Crippen LogP contribution in [0.1, 0.15) is 16.9 Å². The minimum Gasteiger partial charge on any atom is -0.493 e. The summed E-state index contributed by atoms with van der Waals surface area (Å²) in [6, 6.07) is 2.47. The van der Waals surface area contributed by atoms with Crippen LogP contribution in [0.15, 0.2) is 12.1 Å². The van der Waals surface area contributed by atoms with Crippen LogP contribution in [0.4, 0.5) is 0 Å². The first-order valence-corrected chi connectivity index (χ1v) is 9.59. The van der Waals surface area contributed by atoms with Crippen molar-refractivity contribution < 1.29 is 28.9 Å². The molecular weight excluding hydrogens is 372 g/mol. The second kappa shape index (κ2) is 8.90. The number of hydrogen-bond acceptors (Lipinski definition) is 6. The van der Waals surface area contributed by atoms with Crippen LogP contribution in [-0.2, 0) is 11.8 Å². The highest BCUT2D eigenvalue weighted by molar-refractivity contribution is 7.98. The Bertz CT molecular complexity index is 848. The van der Waals surface area contributed by atoms with Gasteiger partial charge in [-0.25, -0.2) is 4.79 Å². The molecule has 0 aliphatic heterocycles. The molecule has 1 amide bonds. The number of fused-ring (bicyclic) bond motifs is 1. The van der Waals surface area contributed by atoms with Gasteiger partial charge >= 0.3 is 5.97 Å². The van der Waals surface area contributed by atoms with Crippen LogP contribution in [-0.4, -0.2) is 60.9 Å². The summed E-state index contributed by atoms with van der Waals surface area (Å²) in [7, 11) is 6.24. The molecule has 27 heavy (non-hydrogen) atoms. The van der Waals surface area contributed by atoms with Gasteiger partial charge in [0, 0.05) is 12.4 Å². The molecule has 0 saturated heterocycles. The maximum Gasteiger partial charge on any atom is 0.326 e.